The second kappa shape index (κ2) is 11.4. The van der Waals surface area contributed by atoms with Crippen LogP contribution in [0.3, 0.4) is 0 Å². The Bertz CT molecular complexity index is 1550. The van der Waals surface area contributed by atoms with Crippen LogP contribution in [0.4, 0.5) is 4.79 Å². The van der Waals surface area contributed by atoms with Gasteiger partial charge < -0.3 is 19.5 Å². The SMILES string of the molecule is COc1ccc2c(CCNC(=O)OC(C)(C)C)cn(S(=O)(=O)c3ccc(C)cc3)c2c1OCc1ccccc1. The zero-order valence-electron chi connectivity index (χ0n) is 22.9. The number of carbonyl (C=O) groups is 1. The molecule has 0 aliphatic heterocycles. The maximum absolute atomic E-state index is 13.9. The molecule has 0 aliphatic rings. The maximum Gasteiger partial charge on any atom is 0.407 e. The van der Waals surface area contributed by atoms with Gasteiger partial charge in [0.15, 0.2) is 11.5 Å². The van der Waals surface area contributed by atoms with E-state index in [1.54, 1.807) is 57.3 Å². The number of aryl methyl sites for hydroxylation is 1. The number of rotatable bonds is 9. The number of carbonyl (C=O) groups excluding carboxylic acids is 1. The minimum atomic E-state index is -3.99. The number of ether oxygens (including phenoxy) is 3. The summed E-state index contributed by atoms with van der Waals surface area (Å²) in [5, 5.41) is 3.43. The van der Waals surface area contributed by atoms with Crippen LogP contribution < -0.4 is 14.8 Å². The second-order valence-corrected chi connectivity index (χ2v) is 12.0. The Morgan fingerprint density at radius 2 is 1.67 bits per heavy atom. The van der Waals surface area contributed by atoms with Crippen molar-refractivity contribution >= 4 is 27.0 Å². The molecule has 0 atom stereocenters. The van der Waals surface area contributed by atoms with E-state index < -0.39 is 21.7 Å². The fraction of sp³-hybridized carbons (Fsp3) is 0.300. The van der Waals surface area contributed by atoms with E-state index in [4.69, 9.17) is 14.2 Å². The molecular formula is C30H34N2O6S. The van der Waals surface area contributed by atoms with Crippen LogP contribution in [-0.4, -0.2) is 37.7 Å². The standard InChI is InChI=1S/C30H34N2O6S/c1-21-11-13-24(14-12-21)39(34,35)32-19-23(17-18-31-29(33)38-30(2,3)4)25-15-16-26(36-5)28(27(25)32)37-20-22-9-7-6-8-10-22/h6-16,19H,17-18,20H2,1-5H3,(H,31,33). The topological polar surface area (TPSA) is 95.9 Å². The summed E-state index contributed by atoms with van der Waals surface area (Å²) in [5.74, 6) is 0.733. The summed E-state index contributed by atoms with van der Waals surface area (Å²) in [6.07, 6.45) is 1.43. The van der Waals surface area contributed by atoms with E-state index in [2.05, 4.69) is 5.32 Å². The van der Waals surface area contributed by atoms with Crippen molar-refractivity contribution < 1.29 is 27.4 Å². The zero-order valence-corrected chi connectivity index (χ0v) is 23.7. The van der Waals surface area contributed by atoms with Crippen LogP contribution in [-0.2, 0) is 27.8 Å². The minimum Gasteiger partial charge on any atom is -0.493 e. The molecule has 1 aromatic heterocycles. The van der Waals surface area contributed by atoms with Gasteiger partial charge in [-0.15, -0.1) is 0 Å². The molecule has 0 fully saturated rings. The van der Waals surface area contributed by atoms with Crippen molar-refractivity contribution in [1.82, 2.24) is 9.29 Å². The van der Waals surface area contributed by atoms with E-state index >= 15 is 0 Å². The van der Waals surface area contributed by atoms with Gasteiger partial charge in [0.25, 0.3) is 10.0 Å². The average Bonchev–Trinajstić information content (AvgIpc) is 3.26. The number of hydrogen-bond donors (Lipinski definition) is 1. The minimum absolute atomic E-state index is 0.153. The Kier molecular flexibility index (Phi) is 8.20. The highest BCUT2D eigenvalue weighted by atomic mass is 32.2. The number of nitrogens with zero attached hydrogens (tertiary/aromatic N) is 1. The van der Waals surface area contributed by atoms with Gasteiger partial charge in [-0.25, -0.2) is 17.2 Å². The lowest BCUT2D eigenvalue weighted by atomic mass is 10.1. The normalized spacial score (nSPS) is 11.8. The third-order valence-corrected chi connectivity index (χ3v) is 7.69. The molecule has 0 unspecified atom stereocenters. The van der Waals surface area contributed by atoms with E-state index in [1.165, 1.54) is 11.1 Å². The van der Waals surface area contributed by atoms with Crippen molar-refractivity contribution in [2.45, 2.75) is 51.2 Å². The highest BCUT2D eigenvalue weighted by Crippen LogP contribution is 2.40. The average molecular weight is 551 g/mol. The van der Waals surface area contributed by atoms with E-state index in [1.807, 2.05) is 43.3 Å². The molecule has 3 aromatic carbocycles. The fourth-order valence-electron chi connectivity index (χ4n) is 4.16. The van der Waals surface area contributed by atoms with Crippen molar-refractivity contribution in [3.8, 4) is 11.5 Å². The summed E-state index contributed by atoms with van der Waals surface area (Å²) < 4.78 is 46.2. The maximum atomic E-state index is 13.9. The first-order chi connectivity index (χ1) is 18.5. The van der Waals surface area contributed by atoms with E-state index in [9.17, 15) is 13.2 Å². The monoisotopic (exact) mass is 550 g/mol. The molecule has 8 nitrogen and oxygen atoms in total. The van der Waals surface area contributed by atoms with Gasteiger partial charge in [0.05, 0.1) is 12.0 Å². The van der Waals surface area contributed by atoms with E-state index in [0.29, 0.717) is 28.8 Å². The lowest BCUT2D eigenvalue weighted by Gasteiger charge is -2.19. The molecule has 9 heteroatoms. The van der Waals surface area contributed by atoms with Gasteiger partial charge >= 0.3 is 6.09 Å². The van der Waals surface area contributed by atoms with Crippen LogP contribution in [0.2, 0.25) is 0 Å². The molecule has 0 saturated heterocycles. The summed E-state index contributed by atoms with van der Waals surface area (Å²) >= 11 is 0. The number of alkyl carbamates (subject to hydrolysis) is 1. The predicted molar refractivity (Wildman–Crippen MR) is 151 cm³/mol. The quantitative estimate of drug-likeness (QED) is 0.281. The van der Waals surface area contributed by atoms with Crippen LogP contribution in [0.25, 0.3) is 10.9 Å². The number of fused-ring (bicyclic) bond motifs is 1. The molecule has 0 saturated carbocycles. The largest absolute Gasteiger partial charge is 0.493 e. The Hall–Kier alpha value is -3.98. The highest BCUT2D eigenvalue weighted by molar-refractivity contribution is 7.90. The summed E-state index contributed by atoms with van der Waals surface area (Å²) in [6, 6.07) is 19.9. The Balaban J connectivity index is 1.79. The molecule has 1 amide bonds. The first-order valence-electron chi connectivity index (χ1n) is 12.7. The first-order valence-corrected chi connectivity index (χ1v) is 14.1. The molecule has 0 radical (unpaired) electrons. The third-order valence-electron chi connectivity index (χ3n) is 6.02. The molecule has 0 spiro atoms. The second-order valence-electron chi connectivity index (χ2n) is 10.2. The fourth-order valence-corrected chi connectivity index (χ4v) is 5.56. The Morgan fingerprint density at radius 3 is 2.31 bits per heavy atom. The van der Waals surface area contributed by atoms with Crippen LogP contribution in [0.5, 0.6) is 11.5 Å². The number of amides is 1. The zero-order chi connectivity index (χ0) is 28.2. The Labute approximate surface area is 229 Å². The van der Waals surface area contributed by atoms with Gasteiger partial charge in [-0.1, -0.05) is 48.0 Å². The first kappa shape index (κ1) is 28.0. The molecule has 1 N–H and O–H groups in total. The molecule has 206 valence electrons. The van der Waals surface area contributed by atoms with Crippen LogP contribution in [0.1, 0.15) is 37.5 Å². The lowest BCUT2D eigenvalue weighted by Crippen LogP contribution is -2.33. The lowest BCUT2D eigenvalue weighted by molar-refractivity contribution is 0.0528. The van der Waals surface area contributed by atoms with Gasteiger partial charge in [0.1, 0.15) is 17.7 Å². The number of nitrogens with one attached hydrogen (secondary N) is 1. The molecule has 39 heavy (non-hydrogen) atoms. The van der Waals surface area contributed by atoms with Crippen molar-refractivity contribution in [1.29, 1.82) is 0 Å². The molecule has 1 heterocycles. The number of benzene rings is 3. The number of aromatic nitrogens is 1. The number of methoxy groups -OCH3 is 1. The van der Waals surface area contributed by atoms with Crippen molar-refractivity contribution in [2.75, 3.05) is 13.7 Å². The molecule has 0 bridgehead atoms. The summed E-state index contributed by atoms with van der Waals surface area (Å²) in [6.45, 7) is 7.76. The van der Waals surface area contributed by atoms with Gasteiger partial charge in [-0.3, -0.25) is 0 Å². The molecule has 4 rings (SSSR count). The van der Waals surface area contributed by atoms with Crippen molar-refractivity contribution in [2.24, 2.45) is 0 Å². The Morgan fingerprint density at radius 1 is 0.974 bits per heavy atom. The van der Waals surface area contributed by atoms with Gasteiger partial charge in [0, 0.05) is 18.1 Å². The molecular weight excluding hydrogens is 516 g/mol. The van der Waals surface area contributed by atoms with Crippen LogP contribution in [0, 0.1) is 6.92 Å². The summed E-state index contributed by atoms with van der Waals surface area (Å²) in [7, 11) is -2.47. The molecule has 4 aromatic rings. The van der Waals surface area contributed by atoms with Gasteiger partial charge in [-0.05, 0) is 69.5 Å². The third kappa shape index (κ3) is 6.54. The van der Waals surface area contributed by atoms with Crippen molar-refractivity contribution in [3.05, 3.63) is 89.6 Å². The smallest absolute Gasteiger partial charge is 0.407 e. The van der Waals surface area contributed by atoms with Crippen molar-refractivity contribution in [3.63, 3.8) is 0 Å². The summed E-state index contributed by atoms with van der Waals surface area (Å²) in [5.41, 5.74) is 2.36. The number of hydrogen-bond acceptors (Lipinski definition) is 6. The predicted octanol–water partition coefficient (Wildman–Crippen LogP) is 5.84. The molecule has 0 aliphatic carbocycles. The van der Waals surface area contributed by atoms with Crippen LogP contribution in [0.15, 0.2) is 77.8 Å². The van der Waals surface area contributed by atoms with E-state index in [-0.39, 0.29) is 18.0 Å². The summed E-state index contributed by atoms with van der Waals surface area (Å²) in [4.78, 5) is 12.3. The van der Waals surface area contributed by atoms with Crippen LogP contribution >= 0.6 is 0 Å². The van der Waals surface area contributed by atoms with E-state index in [0.717, 1.165) is 16.7 Å². The van der Waals surface area contributed by atoms with Gasteiger partial charge in [0.2, 0.25) is 0 Å². The highest BCUT2D eigenvalue weighted by Gasteiger charge is 2.26. The van der Waals surface area contributed by atoms with Gasteiger partial charge in [-0.2, -0.15) is 0 Å².